The molecule has 0 amide bonds. The summed E-state index contributed by atoms with van der Waals surface area (Å²) in [6, 6.07) is 0. The zero-order valence-electron chi connectivity index (χ0n) is 7.78. The summed E-state index contributed by atoms with van der Waals surface area (Å²) in [7, 11) is 1.64. The molecule has 0 fully saturated rings. The van der Waals surface area contributed by atoms with Gasteiger partial charge in [-0.15, -0.1) is 0 Å². The Balaban J connectivity index is -0.0000000403. The maximum Gasteiger partial charge on any atom is 0.0781 e. The van der Waals surface area contributed by atoms with Crippen molar-refractivity contribution in [1.29, 1.82) is 0 Å². The van der Waals surface area contributed by atoms with Crippen LogP contribution in [0.5, 0.6) is 0 Å². The van der Waals surface area contributed by atoms with E-state index in [1.807, 2.05) is 6.92 Å². The van der Waals surface area contributed by atoms with Crippen molar-refractivity contribution >= 4 is 0 Å². The predicted octanol–water partition coefficient (Wildman–Crippen LogP) is 3.86. The maximum atomic E-state index is 8.41. The molecule has 0 aromatic rings. The zero-order valence-corrected chi connectivity index (χ0v) is 7.78. The second-order valence-corrected chi connectivity index (χ2v) is 2.47. The molecule has 0 aliphatic carbocycles. The Bertz CT molecular complexity index is 79.9. The van der Waals surface area contributed by atoms with Crippen molar-refractivity contribution in [3.63, 3.8) is 0 Å². The number of ether oxygens (including phenoxy) is 3. The van der Waals surface area contributed by atoms with Gasteiger partial charge in [0.15, 0.2) is 0 Å². The van der Waals surface area contributed by atoms with Crippen LogP contribution >= 0.6 is 0 Å². The highest BCUT2D eigenvalue weighted by atomic mass is 16.5. The third-order valence-corrected chi connectivity index (χ3v) is 1.28. The third kappa shape index (κ3) is 36.0. The summed E-state index contributed by atoms with van der Waals surface area (Å²) >= 11 is 0. The molecule has 0 aromatic heterocycles. The molecule has 0 saturated heterocycles. The Morgan fingerprint density at radius 3 is 1.78 bits per heavy atom. The number of aliphatic hydroxyl groups excluding tert-OH is 1. The lowest BCUT2D eigenvalue weighted by Gasteiger charge is -2.12. The predicted molar refractivity (Wildman–Crippen MR) is 85.6 cm³/mol. The van der Waals surface area contributed by atoms with E-state index in [0.717, 1.165) is 0 Å². The molecule has 4 heteroatoms. The molecule has 0 bridgehead atoms. The second kappa shape index (κ2) is 36.0. The molecule has 0 radical (unpaired) electrons. The molecular formula is C14H42O4. The Hall–Kier alpha value is -0.160. The third-order valence-electron chi connectivity index (χ3n) is 1.28. The molecule has 0 aliphatic heterocycles. The second-order valence-electron chi connectivity index (χ2n) is 2.47. The molecule has 0 rings (SSSR count). The van der Waals surface area contributed by atoms with Gasteiger partial charge in [0.1, 0.15) is 0 Å². The van der Waals surface area contributed by atoms with E-state index in [1.165, 1.54) is 0 Å². The quantitative estimate of drug-likeness (QED) is 0.683. The molecule has 0 aliphatic rings. The van der Waals surface area contributed by atoms with Crippen molar-refractivity contribution in [2.45, 2.75) is 57.6 Å². The van der Waals surface area contributed by atoms with Gasteiger partial charge in [0, 0.05) is 7.11 Å². The van der Waals surface area contributed by atoms with E-state index in [-0.39, 0.29) is 57.3 Å². The lowest BCUT2D eigenvalue weighted by Crippen LogP contribution is -2.19. The molecule has 18 heavy (non-hydrogen) atoms. The van der Waals surface area contributed by atoms with Crippen LogP contribution in [-0.4, -0.2) is 51.4 Å². The number of methoxy groups -OCH3 is 1. The van der Waals surface area contributed by atoms with Crippen molar-refractivity contribution in [1.82, 2.24) is 0 Å². The fourth-order valence-corrected chi connectivity index (χ4v) is 0.695. The van der Waals surface area contributed by atoms with E-state index >= 15 is 0 Å². The molecule has 1 unspecified atom stereocenters. The van der Waals surface area contributed by atoms with E-state index < -0.39 is 0 Å². The highest BCUT2D eigenvalue weighted by Gasteiger charge is 2.00. The standard InChI is InChI=1S/C8H18O4.6CH4/c1-8(7-11-4-3-9)12-6-5-10-2;;;;;;/h8-9H,3-7H2,1-2H3;6*1H4. The average Bonchev–Trinajstić information content (AvgIpc) is 2.06. The van der Waals surface area contributed by atoms with Crippen molar-refractivity contribution in [3.8, 4) is 0 Å². The van der Waals surface area contributed by atoms with Gasteiger partial charge in [-0.1, -0.05) is 44.6 Å². The number of hydrogen-bond donors (Lipinski definition) is 1. The monoisotopic (exact) mass is 274 g/mol. The minimum Gasteiger partial charge on any atom is -0.394 e. The Morgan fingerprint density at radius 2 is 1.39 bits per heavy atom. The lowest BCUT2D eigenvalue weighted by atomic mass is 10.4. The van der Waals surface area contributed by atoms with Crippen LogP contribution in [0.4, 0.5) is 0 Å². The van der Waals surface area contributed by atoms with Gasteiger partial charge in [0.05, 0.1) is 39.1 Å². The first-order chi connectivity index (χ1) is 5.81. The number of hydrogen-bond acceptors (Lipinski definition) is 4. The molecular weight excluding hydrogens is 232 g/mol. The van der Waals surface area contributed by atoms with Crippen LogP contribution in [0.1, 0.15) is 51.5 Å². The summed E-state index contributed by atoms with van der Waals surface area (Å²) in [5.41, 5.74) is 0. The minimum atomic E-state index is 0. The van der Waals surface area contributed by atoms with Crippen LogP contribution in [-0.2, 0) is 14.2 Å². The van der Waals surface area contributed by atoms with Gasteiger partial charge < -0.3 is 19.3 Å². The first kappa shape index (κ1) is 43.1. The summed E-state index contributed by atoms with van der Waals surface area (Å²) in [6.07, 6.45) is 0.0618. The smallest absolute Gasteiger partial charge is 0.0781 e. The summed E-state index contributed by atoms with van der Waals surface area (Å²) < 4.78 is 15.2. The first-order valence-corrected chi connectivity index (χ1v) is 4.10. The Labute approximate surface area is 118 Å². The molecule has 0 saturated carbocycles. The topological polar surface area (TPSA) is 47.9 Å². The van der Waals surface area contributed by atoms with Crippen molar-refractivity contribution < 1.29 is 19.3 Å². The lowest BCUT2D eigenvalue weighted by molar-refractivity contribution is -0.0292. The van der Waals surface area contributed by atoms with E-state index in [0.29, 0.717) is 26.4 Å². The first-order valence-electron chi connectivity index (χ1n) is 4.10. The summed E-state index contributed by atoms with van der Waals surface area (Å²) in [5.74, 6) is 0. The Kier molecular flexibility index (Phi) is 86.0. The van der Waals surface area contributed by atoms with Crippen LogP contribution in [0.25, 0.3) is 0 Å². The maximum absolute atomic E-state index is 8.41. The van der Waals surface area contributed by atoms with Gasteiger partial charge in [-0.05, 0) is 6.92 Å². The molecule has 1 N–H and O–H groups in total. The van der Waals surface area contributed by atoms with Crippen molar-refractivity contribution in [3.05, 3.63) is 0 Å². The van der Waals surface area contributed by atoms with Crippen LogP contribution in [0, 0.1) is 0 Å². The van der Waals surface area contributed by atoms with Crippen LogP contribution in [0.15, 0.2) is 0 Å². The van der Waals surface area contributed by atoms with Crippen LogP contribution in [0.3, 0.4) is 0 Å². The summed E-state index contributed by atoms with van der Waals surface area (Å²) in [4.78, 5) is 0. The van der Waals surface area contributed by atoms with Crippen molar-refractivity contribution in [2.75, 3.05) is 40.1 Å². The average molecular weight is 274 g/mol. The fourth-order valence-electron chi connectivity index (χ4n) is 0.695. The van der Waals surface area contributed by atoms with Crippen LogP contribution < -0.4 is 0 Å². The van der Waals surface area contributed by atoms with Gasteiger partial charge in [-0.3, -0.25) is 0 Å². The highest BCUT2D eigenvalue weighted by molar-refractivity contribution is 4.46. The summed E-state index contributed by atoms with van der Waals surface area (Å²) in [6.45, 7) is 4.06. The van der Waals surface area contributed by atoms with Gasteiger partial charge >= 0.3 is 0 Å². The minimum absolute atomic E-state index is 0. The normalized spacial score (nSPS) is 8.83. The largest absolute Gasteiger partial charge is 0.394 e. The number of aliphatic hydroxyl groups is 1. The number of rotatable bonds is 8. The molecule has 0 heterocycles. The van der Waals surface area contributed by atoms with Gasteiger partial charge in [0.25, 0.3) is 0 Å². The highest BCUT2D eigenvalue weighted by Crippen LogP contribution is 1.91. The molecule has 0 spiro atoms. The molecule has 4 nitrogen and oxygen atoms in total. The van der Waals surface area contributed by atoms with Crippen molar-refractivity contribution in [2.24, 2.45) is 0 Å². The SMILES string of the molecule is C.C.C.C.C.C.COCCOC(C)COCCO. The van der Waals surface area contributed by atoms with E-state index in [4.69, 9.17) is 19.3 Å². The van der Waals surface area contributed by atoms with Crippen LogP contribution in [0.2, 0.25) is 0 Å². The van der Waals surface area contributed by atoms with Gasteiger partial charge in [-0.2, -0.15) is 0 Å². The zero-order chi connectivity index (χ0) is 9.23. The van der Waals surface area contributed by atoms with Gasteiger partial charge in [-0.25, -0.2) is 0 Å². The molecule has 122 valence electrons. The van der Waals surface area contributed by atoms with E-state index in [2.05, 4.69) is 0 Å². The Morgan fingerprint density at radius 1 is 0.889 bits per heavy atom. The van der Waals surface area contributed by atoms with E-state index in [1.54, 1.807) is 7.11 Å². The molecule has 1 atom stereocenters. The molecule has 0 aromatic carbocycles. The summed E-state index contributed by atoms with van der Waals surface area (Å²) in [5, 5.41) is 8.41. The van der Waals surface area contributed by atoms with E-state index in [9.17, 15) is 0 Å². The van der Waals surface area contributed by atoms with Gasteiger partial charge in [0.2, 0.25) is 0 Å². The fraction of sp³-hybridized carbons (Fsp3) is 1.00.